The molecule has 2 aromatic rings. The van der Waals surface area contributed by atoms with Crippen LogP contribution in [0.5, 0.6) is 11.5 Å². The van der Waals surface area contributed by atoms with Crippen molar-refractivity contribution in [1.82, 2.24) is 0 Å². The van der Waals surface area contributed by atoms with E-state index in [1.807, 2.05) is 19.1 Å². The number of hydrogen-bond acceptors (Lipinski definition) is 3. The largest absolute Gasteiger partial charge is 0.484 e. The van der Waals surface area contributed by atoms with Crippen LogP contribution in [-0.4, -0.2) is 19.1 Å². The Morgan fingerprint density at radius 1 is 1.18 bits per heavy atom. The molecule has 22 heavy (non-hydrogen) atoms. The first-order valence-electron chi connectivity index (χ1n) is 6.58. The number of ether oxygens (including phenoxy) is 2. The van der Waals surface area contributed by atoms with Gasteiger partial charge in [0, 0.05) is 0 Å². The molecule has 1 N–H and O–H groups in total. The summed E-state index contributed by atoms with van der Waals surface area (Å²) in [6.45, 7) is -1.28. The van der Waals surface area contributed by atoms with E-state index in [1.165, 1.54) is 18.2 Å². The molecular formula is C16H15F2NO3. The number of halogens is 2. The predicted molar refractivity (Wildman–Crippen MR) is 78.4 cm³/mol. The van der Waals surface area contributed by atoms with E-state index >= 15 is 0 Å². The summed E-state index contributed by atoms with van der Waals surface area (Å²) in [6.07, 6.45) is 0. The molecule has 1 amide bonds. The van der Waals surface area contributed by atoms with Gasteiger partial charge in [0.2, 0.25) is 0 Å². The molecule has 0 spiro atoms. The van der Waals surface area contributed by atoms with Crippen molar-refractivity contribution in [3.63, 3.8) is 0 Å². The third kappa shape index (κ3) is 4.73. The van der Waals surface area contributed by atoms with Crippen molar-refractivity contribution in [2.24, 2.45) is 0 Å². The van der Waals surface area contributed by atoms with Crippen molar-refractivity contribution in [2.75, 3.05) is 11.9 Å². The minimum atomic E-state index is -2.96. The Morgan fingerprint density at radius 3 is 2.68 bits per heavy atom. The molecule has 0 aliphatic carbocycles. The first-order valence-corrected chi connectivity index (χ1v) is 6.58. The number of hydrogen-bond donors (Lipinski definition) is 1. The fourth-order valence-electron chi connectivity index (χ4n) is 1.81. The summed E-state index contributed by atoms with van der Waals surface area (Å²) in [4.78, 5) is 11.8. The van der Waals surface area contributed by atoms with E-state index in [4.69, 9.17) is 4.74 Å². The zero-order valence-corrected chi connectivity index (χ0v) is 11.9. The Morgan fingerprint density at radius 2 is 1.95 bits per heavy atom. The number of anilines is 1. The fraction of sp³-hybridized carbons (Fsp3) is 0.188. The van der Waals surface area contributed by atoms with Gasteiger partial charge < -0.3 is 14.8 Å². The van der Waals surface area contributed by atoms with Gasteiger partial charge in [0.05, 0.1) is 5.69 Å². The Hall–Kier alpha value is -2.63. The number of benzene rings is 2. The average Bonchev–Trinajstić information content (AvgIpc) is 2.47. The van der Waals surface area contributed by atoms with Gasteiger partial charge in [0.1, 0.15) is 11.5 Å². The Labute approximate surface area is 126 Å². The van der Waals surface area contributed by atoms with Crippen LogP contribution >= 0.6 is 0 Å². The summed E-state index contributed by atoms with van der Waals surface area (Å²) >= 11 is 0. The molecule has 2 rings (SSSR count). The van der Waals surface area contributed by atoms with Gasteiger partial charge in [-0.1, -0.05) is 24.3 Å². The number of nitrogens with one attached hydrogen (secondary N) is 1. The number of amides is 1. The second-order valence-electron chi connectivity index (χ2n) is 4.53. The van der Waals surface area contributed by atoms with Crippen LogP contribution in [0.1, 0.15) is 5.56 Å². The number of rotatable bonds is 6. The molecule has 0 radical (unpaired) electrons. The highest BCUT2D eigenvalue weighted by Crippen LogP contribution is 2.25. The van der Waals surface area contributed by atoms with Crippen LogP contribution in [0.25, 0.3) is 0 Å². The van der Waals surface area contributed by atoms with E-state index in [-0.39, 0.29) is 18.0 Å². The molecule has 116 valence electrons. The number of carbonyl (C=O) groups excluding carboxylic acids is 1. The Bertz CT molecular complexity index is 647. The Balaban J connectivity index is 1.95. The number of alkyl halides is 2. The van der Waals surface area contributed by atoms with Crippen molar-refractivity contribution in [3.05, 3.63) is 54.1 Å². The monoisotopic (exact) mass is 307 g/mol. The van der Waals surface area contributed by atoms with E-state index in [1.54, 1.807) is 18.2 Å². The van der Waals surface area contributed by atoms with Crippen molar-refractivity contribution in [3.8, 4) is 11.5 Å². The third-order valence-electron chi connectivity index (χ3n) is 2.74. The highest BCUT2D eigenvalue weighted by atomic mass is 19.3. The molecule has 0 aliphatic heterocycles. The van der Waals surface area contributed by atoms with Gasteiger partial charge >= 0.3 is 6.61 Å². The summed E-state index contributed by atoms with van der Waals surface area (Å²) in [6, 6.07) is 13.2. The normalized spacial score (nSPS) is 10.4. The zero-order valence-electron chi connectivity index (χ0n) is 11.9. The minimum absolute atomic E-state index is 0.0959. The van der Waals surface area contributed by atoms with Crippen LogP contribution in [0.4, 0.5) is 14.5 Å². The smallest absolute Gasteiger partial charge is 0.387 e. The molecule has 0 saturated heterocycles. The fourth-order valence-corrected chi connectivity index (χ4v) is 1.81. The molecule has 0 heterocycles. The molecule has 0 fully saturated rings. The molecule has 2 aromatic carbocycles. The lowest BCUT2D eigenvalue weighted by Gasteiger charge is -2.12. The van der Waals surface area contributed by atoms with Crippen molar-refractivity contribution in [1.29, 1.82) is 0 Å². The van der Waals surface area contributed by atoms with Gasteiger partial charge in [-0.05, 0) is 36.8 Å². The molecule has 6 heteroatoms. The van der Waals surface area contributed by atoms with Crippen molar-refractivity contribution < 1.29 is 23.0 Å². The van der Waals surface area contributed by atoms with E-state index in [0.717, 1.165) is 5.56 Å². The van der Waals surface area contributed by atoms with E-state index in [9.17, 15) is 13.6 Å². The summed E-state index contributed by atoms with van der Waals surface area (Å²) < 4.78 is 34.2. The zero-order chi connectivity index (χ0) is 15.9. The first kappa shape index (κ1) is 15.8. The number of para-hydroxylation sites is 2. The van der Waals surface area contributed by atoms with Crippen LogP contribution in [-0.2, 0) is 4.79 Å². The highest BCUT2D eigenvalue weighted by Gasteiger charge is 2.11. The molecule has 0 aliphatic rings. The first-order chi connectivity index (χ1) is 10.5. The van der Waals surface area contributed by atoms with Gasteiger partial charge in [-0.25, -0.2) is 0 Å². The highest BCUT2D eigenvalue weighted by molar-refractivity contribution is 5.93. The van der Waals surface area contributed by atoms with Gasteiger partial charge in [-0.2, -0.15) is 8.78 Å². The average molecular weight is 307 g/mol. The summed E-state index contributed by atoms with van der Waals surface area (Å²) in [5.74, 6) is 0.000457. The van der Waals surface area contributed by atoms with Gasteiger partial charge in [0.15, 0.2) is 6.61 Å². The SMILES string of the molecule is Cc1cccc(OCC(=O)Nc2ccccc2OC(F)F)c1. The summed E-state index contributed by atoms with van der Waals surface area (Å²) in [5.41, 5.74) is 1.18. The van der Waals surface area contributed by atoms with E-state index < -0.39 is 12.5 Å². The standard InChI is InChI=1S/C16H15F2NO3/c1-11-5-4-6-12(9-11)21-10-15(20)19-13-7-2-3-8-14(13)22-16(17)18/h2-9,16H,10H2,1H3,(H,19,20). The summed E-state index contributed by atoms with van der Waals surface area (Å²) in [7, 11) is 0. The lowest BCUT2D eigenvalue weighted by molar-refractivity contribution is -0.118. The number of aryl methyl sites for hydroxylation is 1. The maximum absolute atomic E-state index is 12.3. The van der Waals surface area contributed by atoms with Crippen molar-refractivity contribution in [2.45, 2.75) is 13.5 Å². The summed E-state index contributed by atoms with van der Waals surface area (Å²) in [5, 5.41) is 2.48. The lowest BCUT2D eigenvalue weighted by atomic mass is 10.2. The van der Waals surface area contributed by atoms with E-state index in [2.05, 4.69) is 10.1 Å². The van der Waals surface area contributed by atoms with Crippen LogP contribution in [0.15, 0.2) is 48.5 Å². The van der Waals surface area contributed by atoms with Crippen LogP contribution < -0.4 is 14.8 Å². The minimum Gasteiger partial charge on any atom is -0.484 e. The van der Waals surface area contributed by atoms with Gasteiger partial charge in [-0.3, -0.25) is 4.79 Å². The molecule has 0 bridgehead atoms. The third-order valence-corrected chi connectivity index (χ3v) is 2.74. The molecular weight excluding hydrogens is 292 g/mol. The number of carbonyl (C=O) groups is 1. The molecule has 0 unspecified atom stereocenters. The Kier molecular flexibility index (Phi) is 5.30. The quantitative estimate of drug-likeness (QED) is 0.887. The maximum atomic E-state index is 12.3. The second-order valence-corrected chi connectivity index (χ2v) is 4.53. The lowest BCUT2D eigenvalue weighted by Crippen LogP contribution is -2.20. The topological polar surface area (TPSA) is 47.6 Å². The van der Waals surface area contributed by atoms with Crippen LogP contribution in [0.3, 0.4) is 0 Å². The molecule has 4 nitrogen and oxygen atoms in total. The predicted octanol–water partition coefficient (Wildman–Crippen LogP) is 3.61. The van der Waals surface area contributed by atoms with Crippen molar-refractivity contribution >= 4 is 11.6 Å². The van der Waals surface area contributed by atoms with Gasteiger partial charge in [0.25, 0.3) is 5.91 Å². The second kappa shape index (κ2) is 7.40. The maximum Gasteiger partial charge on any atom is 0.387 e. The van der Waals surface area contributed by atoms with Crippen LogP contribution in [0.2, 0.25) is 0 Å². The van der Waals surface area contributed by atoms with Gasteiger partial charge in [-0.15, -0.1) is 0 Å². The molecule has 0 aromatic heterocycles. The van der Waals surface area contributed by atoms with Crippen LogP contribution in [0, 0.1) is 6.92 Å². The molecule has 0 saturated carbocycles. The molecule has 0 atom stereocenters. The van der Waals surface area contributed by atoms with E-state index in [0.29, 0.717) is 5.75 Å².